The Balaban J connectivity index is 1.76. The van der Waals surface area contributed by atoms with Crippen molar-refractivity contribution < 1.29 is 4.57 Å². The zero-order valence-electron chi connectivity index (χ0n) is 16.2. The Morgan fingerprint density at radius 2 is 1.43 bits per heavy atom. The number of hydrogen-bond acceptors (Lipinski definition) is 0. The number of aromatic nitrogens is 1. The van der Waals surface area contributed by atoms with Crippen LogP contribution in [0.2, 0.25) is 0 Å². The minimum atomic E-state index is 1.23. The lowest BCUT2D eigenvalue weighted by molar-refractivity contribution is -0.660. The average Bonchev–Trinajstić information content (AvgIpc) is 2.74. The van der Waals surface area contributed by atoms with Crippen LogP contribution in [0.5, 0.6) is 0 Å². The van der Waals surface area contributed by atoms with Crippen molar-refractivity contribution in [3.05, 3.63) is 103 Å². The molecule has 0 atom stereocenters. The van der Waals surface area contributed by atoms with E-state index in [0.29, 0.717) is 0 Å². The molecule has 0 fully saturated rings. The summed E-state index contributed by atoms with van der Waals surface area (Å²) in [6, 6.07) is 32.9. The molecule has 0 unspecified atom stereocenters. The predicted octanol–water partition coefficient (Wildman–Crippen LogP) is 6.46. The Hall–Kier alpha value is -3.45. The SMILES string of the molecule is Cc1cccc(-c2ccc3c(ccc4ccccc43)c2)c1-c1cccc[n+]1C. The Labute approximate surface area is 165 Å². The second-order valence-electron chi connectivity index (χ2n) is 7.42. The van der Waals surface area contributed by atoms with Crippen molar-refractivity contribution in [2.45, 2.75) is 6.92 Å². The molecule has 0 aliphatic heterocycles. The lowest BCUT2D eigenvalue weighted by atomic mass is 9.91. The highest BCUT2D eigenvalue weighted by Gasteiger charge is 2.17. The average molecular weight is 360 g/mol. The molecule has 0 aliphatic rings. The van der Waals surface area contributed by atoms with E-state index < -0.39 is 0 Å². The molecule has 0 amide bonds. The van der Waals surface area contributed by atoms with Gasteiger partial charge in [-0.25, -0.2) is 4.57 Å². The van der Waals surface area contributed by atoms with Crippen LogP contribution in [0.15, 0.2) is 97.2 Å². The van der Waals surface area contributed by atoms with Crippen LogP contribution in [0.1, 0.15) is 5.56 Å². The monoisotopic (exact) mass is 360 g/mol. The molecule has 5 aromatic rings. The molecule has 0 radical (unpaired) electrons. The lowest BCUT2D eigenvalue weighted by Crippen LogP contribution is -2.30. The van der Waals surface area contributed by atoms with E-state index in [1.54, 1.807) is 0 Å². The van der Waals surface area contributed by atoms with Gasteiger partial charge in [0.15, 0.2) is 6.20 Å². The van der Waals surface area contributed by atoms with Crippen molar-refractivity contribution in [1.29, 1.82) is 0 Å². The first-order valence-electron chi connectivity index (χ1n) is 9.69. The van der Waals surface area contributed by atoms with E-state index in [1.807, 2.05) is 0 Å². The maximum Gasteiger partial charge on any atom is 0.213 e. The first kappa shape index (κ1) is 16.7. The van der Waals surface area contributed by atoms with Gasteiger partial charge in [-0.15, -0.1) is 0 Å². The fourth-order valence-corrected chi connectivity index (χ4v) is 4.21. The number of hydrogen-bond donors (Lipinski definition) is 0. The molecule has 28 heavy (non-hydrogen) atoms. The summed E-state index contributed by atoms with van der Waals surface area (Å²) < 4.78 is 2.19. The van der Waals surface area contributed by atoms with Crippen LogP contribution in [0.4, 0.5) is 0 Å². The van der Waals surface area contributed by atoms with Gasteiger partial charge < -0.3 is 0 Å². The molecule has 4 aromatic carbocycles. The summed E-state index contributed by atoms with van der Waals surface area (Å²) in [6.45, 7) is 2.19. The molecule has 0 spiro atoms. The Kier molecular flexibility index (Phi) is 3.95. The minimum absolute atomic E-state index is 1.23. The Morgan fingerprint density at radius 3 is 2.32 bits per heavy atom. The molecule has 0 saturated heterocycles. The highest BCUT2D eigenvalue weighted by Crippen LogP contribution is 2.35. The van der Waals surface area contributed by atoms with Gasteiger partial charge in [0.1, 0.15) is 7.05 Å². The van der Waals surface area contributed by atoms with Gasteiger partial charge in [-0.05, 0) is 57.3 Å². The number of aryl methyl sites for hydroxylation is 2. The van der Waals surface area contributed by atoms with Crippen molar-refractivity contribution >= 4 is 21.5 Å². The molecule has 0 aliphatic carbocycles. The van der Waals surface area contributed by atoms with E-state index in [9.17, 15) is 0 Å². The number of benzene rings is 4. The van der Waals surface area contributed by atoms with Crippen molar-refractivity contribution in [1.82, 2.24) is 0 Å². The molecule has 1 heteroatoms. The largest absolute Gasteiger partial charge is 0.213 e. The number of nitrogens with zero attached hydrogens (tertiary/aromatic N) is 1. The second kappa shape index (κ2) is 6.61. The number of fused-ring (bicyclic) bond motifs is 3. The topological polar surface area (TPSA) is 3.88 Å². The van der Waals surface area contributed by atoms with Gasteiger partial charge in [0, 0.05) is 12.1 Å². The molecular formula is C27H22N+. The van der Waals surface area contributed by atoms with Gasteiger partial charge >= 0.3 is 0 Å². The van der Waals surface area contributed by atoms with Gasteiger partial charge in [0.25, 0.3) is 0 Å². The molecule has 0 N–H and O–H groups in total. The van der Waals surface area contributed by atoms with Gasteiger partial charge in [-0.1, -0.05) is 66.7 Å². The summed E-state index contributed by atoms with van der Waals surface area (Å²) >= 11 is 0. The van der Waals surface area contributed by atoms with E-state index in [1.165, 1.54) is 49.5 Å². The summed E-state index contributed by atoms with van der Waals surface area (Å²) in [7, 11) is 2.11. The van der Waals surface area contributed by atoms with Crippen LogP contribution in [-0.2, 0) is 7.05 Å². The zero-order chi connectivity index (χ0) is 19.1. The van der Waals surface area contributed by atoms with Crippen LogP contribution in [0.3, 0.4) is 0 Å². The quantitative estimate of drug-likeness (QED) is 0.251. The van der Waals surface area contributed by atoms with Crippen molar-refractivity contribution in [3.8, 4) is 22.4 Å². The Morgan fingerprint density at radius 1 is 0.643 bits per heavy atom. The second-order valence-corrected chi connectivity index (χ2v) is 7.42. The van der Waals surface area contributed by atoms with Crippen LogP contribution in [0.25, 0.3) is 43.9 Å². The highest BCUT2D eigenvalue weighted by molar-refractivity contribution is 6.08. The van der Waals surface area contributed by atoms with E-state index in [4.69, 9.17) is 0 Å². The third kappa shape index (κ3) is 2.68. The van der Waals surface area contributed by atoms with Crippen LogP contribution in [0, 0.1) is 6.92 Å². The fourth-order valence-electron chi connectivity index (χ4n) is 4.21. The summed E-state index contributed by atoms with van der Waals surface area (Å²) in [5.41, 5.74) is 6.35. The molecule has 134 valence electrons. The van der Waals surface area contributed by atoms with Gasteiger partial charge in [0.2, 0.25) is 5.69 Å². The first-order chi connectivity index (χ1) is 13.7. The number of rotatable bonds is 2. The zero-order valence-corrected chi connectivity index (χ0v) is 16.2. The lowest BCUT2D eigenvalue weighted by Gasteiger charge is -2.13. The fraction of sp³-hybridized carbons (Fsp3) is 0.0741. The van der Waals surface area contributed by atoms with Crippen molar-refractivity contribution in [2.24, 2.45) is 7.05 Å². The molecule has 0 saturated carbocycles. The summed E-state index contributed by atoms with van der Waals surface area (Å²) in [5.74, 6) is 0. The smallest absolute Gasteiger partial charge is 0.201 e. The molecule has 5 rings (SSSR count). The molecule has 1 nitrogen and oxygen atoms in total. The standard InChI is InChI=1S/C27H22N/c1-19-8-7-11-25(27(19)26-12-5-6-17-28(26)2)22-15-16-24-21(18-22)14-13-20-9-3-4-10-23(20)24/h3-18H,1-2H3/q+1. The number of pyridine rings is 1. The van der Waals surface area contributed by atoms with Gasteiger partial charge in [-0.3, -0.25) is 0 Å². The van der Waals surface area contributed by atoms with Crippen LogP contribution < -0.4 is 4.57 Å². The van der Waals surface area contributed by atoms with Gasteiger partial charge in [-0.2, -0.15) is 0 Å². The van der Waals surface area contributed by atoms with E-state index in [2.05, 4.69) is 116 Å². The molecular weight excluding hydrogens is 338 g/mol. The van der Waals surface area contributed by atoms with E-state index in [-0.39, 0.29) is 0 Å². The maximum absolute atomic E-state index is 2.32. The summed E-state index contributed by atoms with van der Waals surface area (Å²) in [5, 5.41) is 5.18. The first-order valence-corrected chi connectivity index (χ1v) is 9.69. The Bertz CT molecular complexity index is 1330. The maximum atomic E-state index is 2.32. The van der Waals surface area contributed by atoms with Gasteiger partial charge in [0.05, 0.1) is 5.56 Å². The third-order valence-corrected chi connectivity index (χ3v) is 5.64. The van der Waals surface area contributed by atoms with Crippen molar-refractivity contribution in [2.75, 3.05) is 0 Å². The minimum Gasteiger partial charge on any atom is -0.201 e. The van der Waals surface area contributed by atoms with E-state index >= 15 is 0 Å². The highest BCUT2D eigenvalue weighted by atomic mass is 14.9. The van der Waals surface area contributed by atoms with Crippen molar-refractivity contribution in [3.63, 3.8) is 0 Å². The molecule has 1 heterocycles. The van der Waals surface area contributed by atoms with Crippen LogP contribution >= 0.6 is 0 Å². The summed E-state index contributed by atoms with van der Waals surface area (Å²) in [6.07, 6.45) is 2.11. The van der Waals surface area contributed by atoms with E-state index in [0.717, 1.165) is 0 Å². The van der Waals surface area contributed by atoms with Crippen LogP contribution in [-0.4, -0.2) is 0 Å². The predicted molar refractivity (Wildman–Crippen MR) is 118 cm³/mol. The molecule has 0 bridgehead atoms. The normalized spacial score (nSPS) is 11.2. The summed E-state index contributed by atoms with van der Waals surface area (Å²) in [4.78, 5) is 0. The molecule has 1 aromatic heterocycles. The third-order valence-electron chi connectivity index (χ3n) is 5.64.